The van der Waals surface area contributed by atoms with Crippen LogP contribution < -0.4 is 5.32 Å². The largest absolute Gasteiger partial charge is 0.481 e. The van der Waals surface area contributed by atoms with E-state index in [4.69, 9.17) is 5.11 Å². The van der Waals surface area contributed by atoms with E-state index in [1.54, 1.807) is 6.92 Å². The molecule has 8 heteroatoms. The molecule has 0 aliphatic rings. The van der Waals surface area contributed by atoms with Crippen LogP contribution >= 0.6 is 0 Å². The van der Waals surface area contributed by atoms with Crippen LogP contribution in [0.5, 0.6) is 0 Å². The second-order valence-corrected chi connectivity index (χ2v) is 4.59. The molecular weight excluding hydrogens is 278 g/mol. The third-order valence-corrected chi connectivity index (χ3v) is 3.02. The summed E-state index contributed by atoms with van der Waals surface area (Å²) >= 11 is 0. The topological polar surface area (TPSA) is 114 Å². The number of hydrogen-bond acceptors (Lipinski definition) is 4. The van der Waals surface area contributed by atoms with Crippen molar-refractivity contribution in [1.29, 1.82) is 0 Å². The molecule has 0 radical (unpaired) electrons. The normalized spacial score (nSPS) is 10.3. The summed E-state index contributed by atoms with van der Waals surface area (Å²) in [6.45, 7) is 2.68. The van der Waals surface area contributed by atoms with Crippen molar-refractivity contribution in [2.75, 3.05) is 6.54 Å². The minimum atomic E-state index is -0.827. The standard InChI is InChI=1S/C13H19N3O5/c1-2-15-9-10(16(20)21)8-11(15)13(19)14-7-5-3-4-6-12(17)18/h8-9H,2-7H2,1H3,(H,14,19)(H,17,18). The SMILES string of the molecule is CCn1cc([N+](=O)[O-])cc1C(=O)NCCCCCC(=O)O. The van der Waals surface area contributed by atoms with Gasteiger partial charge in [-0.3, -0.25) is 19.7 Å². The Labute approximate surface area is 121 Å². The summed E-state index contributed by atoms with van der Waals surface area (Å²) in [5.74, 6) is -1.18. The summed E-state index contributed by atoms with van der Waals surface area (Å²) in [5.41, 5.74) is 0.151. The zero-order valence-electron chi connectivity index (χ0n) is 11.9. The minimum absolute atomic E-state index is 0.108. The van der Waals surface area contributed by atoms with Gasteiger partial charge in [0.15, 0.2) is 0 Å². The number of hydrogen-bond donors (Lipinski definition) is 2. The van der Waals surface area contributed by atoms with Gasteiger partial charge in [0.05, 0.1) is 11.1 Å². The van der Waals surface area contributed by atoms with Crippen LogP contribution in [0.1, 0.15) is 43.1 Å². The van der Waals surface area contributed by atoms with Crippen molar-refractivity contribution in [2.45, 2.75) is 39.2 Å². The molecule has 1 aromatic heterocycles. The van der Waals surface area contributed by atoms with Crippen LogP contribution in [0.4, 0.5) is 5.69 Å². The Morgan fingerprint density at radius 2 is 2.10 bits per heavy atom. The summed E-state index contributed by atoms with van der Waals surface area (Å²) < 4.78 is 1.53. The molecule has 1 rings (SSSR count). The molecule has 0 unspecified atom stereocenters. The van der Waals surface area contributed by atoms with E-state index in [0.29, 0.717) is 32.4 Å². The first-order valence-corrected chi connectivity index (χ1v) is 6.80. The number of aliphatic carboxylic acids is 1. The molecule has 1 aromatic rings. The monoisotopic (exact) mass is 297 g/mol. The Bertz CT molecular complexity index is 524. The predicted octanol–water partition coefficient (Wildman–Crippen LogP) is 1.79. The fourth-order valence-electron chi connectivity index (χ4n) is 1.92. The molecule has 116 valence electrons. The lowest BCUT2D eigenvalue weighted by Gasteiger charge is -2.06. The first-order valence-electron chi connectivity index (χ1n) is 6.80. The highest BCUT2D eigenvalue weighted by atomic mass is 16.6. The van der Waals surface area contributed by atoms with Crippen molar-refractivity contribution >= 4 is 17.6 Å². The maximum absolute atomic E-state index is 12.0. The molecular formula is C13H19N3O5. The molecule has 0 saturated heterocycles. The first kappa shape index (κ1) is 16.7. The molecule has 21 heavy (non-hydrogen) atoms. The molecule has 0 aliphatic heterocycles. The summed E-state index contributed by atoms with van der Waals surface area (Å²) in [4.78, 5) is 32.5. The van der Waals surface area contributed by atoms with Gasteiger partial charge in [0, 0.05) is 25.6 Å². The quantitative estimate of drug-likeness (QED) is 0.409. The number of carbonyl (C=O) groups excluding carboxylic acids is 1. The summed E-state index contributed by atoms with van der Waals surface area (Å²) in [5, 5.41) is 21.9. The van der Waals surface area contributed by atoms with Gasteiger partial charge in [0.25, 0.3) is 11.6 Å². The number of carboxylic acids is 1. The fraction of sp³-hybridized carbons (Fsp3) is 0.538. The molecule has 1 amide bonds. The van der Waals surface area contributed by atoms with Crippen LogP contribution in [-0.2, 0) is 11.3 Å². The van der Waals surface area contributed by atoms with Gasteiger partial charge < -0.3 is 15.0 Å². The van der Waals surface area contributed by atoms with Gasteiger partial charge in [0.2, 0.25) is 0 Å². The number of amides is 1. The lowest BCUT2D eigenvalue weighted by atomic mass is 10.2. The van der Waals surface area contributed by atoms with E-state index in [0.717, 1.165) is 0 Å². The highest BCUT2D eigenvalue weighted by molar-refractivity contribution is 5.93. The van der Waals surface area contributed by atoms with E-state index < -0.39 is 10.9 Å². The Hall–Kier alpha value is -2.38. The number of unbranched alkanes of at least 4 members (excludes halogenated alkanes) is 2. The molecule has 1 heterocycles. The second kappa shape index (κ2) is 8.03. The summed E-state index contributed by atoms with van der Waals surface area (Å²) in [6.07, 6.45) is 3.41. The lowest BCUT2D eigenvalue weighted by molar-refractivity contribution is -0.384. The second-order valence-electron chi connectivity index (χ2n) is 4.59. The van der Waals surface area contributed by atoms with Crippen molar-refractivity contribution in [1.82, 2.24) is 9.88 Å². The minimum Gasteiger partial charge on any atom is -0.481 e. The van der Waals surface area contributed by atoms with E-state index in [2.05, 4.69) is 5.32 Å². The number of carbonyl (C=O) groups is 2. The van der Waals surface area contributed by atoms with Crippen molar-refractivity contribution < 1.29 is 19.6 Å². The van der Waals surface area contributed by atoms with Crippen LogP contribution in [0, 0.1) is 10.1 Å². The van der Waals surface area contributed by atoms with Gasteiger partial charge in [-0.1, -0.05) is 6.42 Å². The fourth-order valence-corrected chi connectivity index (χ4v) is 1.92. The average Bonchev–Trinajstić information content (AvgIpc) is 2.86. The molecule has 0 fully saturated rings. The maximum atomic E-state index is 12.0. The summed E-state index contributed by atoms with van der Waals surface area (Å²) in [6, 6.07) is 1.25. The van der Waals surface area contributed by atoms with E-state index >= 15 is 0 Å². The molecule has 0 atom stereocenters. The van der Waals surface area contributed by atoms with Crippen molar-refractivity contribution in [2.24, 2.45) is 0 Å². The van der Waals surface area contributed by atoms with Gasteiger partial charge in [-0.15, -0.1) is 0 Å². The highest BCUT2D eigenvalue weighted by Gasteiger charge is 2.18. The Kier molecular flexibility index (Phi) is 6.38. The Morgan fingerprint density at radius 1 is 1.38 bits per heavy atom. The number of aromatic nitrogens is 1. The predicted molar refractivity (Wildman–Crippen MR) is 75.2 cm³/mol. The van der Waals surface area contributed by atoms with E-state index in [9.17, 15) is 19.7 Å². The van der Waals surface area contributed by atoms with Crippen LogP contribution in [-0.4, -0.2) is 33.0 Å². The van der Waals surface area contributed by atoms with Crippen molar-refractivity contribution in [3.8, 4) is 0 Å². The Morgan fingerprint density at radius 3 is 2.67 bits per heavy atom. The number of nitro groups is 1. The van der Waals surface area contributed by atoms with E-state index in [1.165, 1.54) is 16.8 Å². The number of rotatable bonds is 9. The molecule has 0 bridgehead atoms. The lowest BCUT2D eigenvalue weighted by Crippen LogP contribution is -2.26. The molecule has 0 spiro atoms. The maximum Gasteiger partial charge on any atom is 0.303 e. The van der Waals surface area contributed by atoms with Crippen LogP contribution in [0.15, 0.2) is 12.3 Å². The number of carboxylic acid groups (broad SMARTS) is 1. The molecule has 0 aromatic carbocycles. The summed E-state index contributed by atoms with van der Waals surface area (Å²) in [7, 11) is 0. The van der Waals surface area contributed by atoms with Crippen LogP contribution in [0.25, 0.3) is 0 Å². The highest BCUT2D eigenvalue weighted by Crippen LogP contribution is 2.16. The van der Waals surface area contributed by atoms with Gasteiger partial charge >= 0.3 is 5.97 Å². The Balaban J connectivity index is 2.45. The van der Waals surface area contributed by atoms with Gasteiger partial charge in [-0.25, -0.2) is 0 Å². The third-order valence-electron chi connectivity index (χ3n) is 3.02. The third kappa shape index (κ3) is 5.25. The van der Waals surface area contributed by atoms with Gasteiger partial charge in [0.1, 0.15) is 5.69 Å². The molecule has 8 nitrogen and oxygen atoms in total. The van der Waals surface area contributed by atoms with Crippen LogP contribution in [0.3, 0.4) is 0 Å². The van der Waals surface area contributed by atoms with Crippen molar-refractivity contribution in [3.05, 3.63) is 28.1 Å². The number of aryl methyl sites for hydroxylation is 1. The number of nitrogens with one attached hydrogen (secondary N) is 1. The van der Waals surface area contributed by atoms with Gasteiger partial charge in [-0.2, -0.15) is 0 Å². The van der Waals surface area contributed by atoms with E-state index in [1.807, 2.05) is 0 Å². The van der Waals surface area contributed by atoms with Gasteiger partial charge in [-0.05, 0) is 19.8 Å². The average molecular weight is 297 g/mol. The smallest absolute Gasteiger partial charge is 0.303 e. The molecule has 0 saturated carbocycles. The zero-order valence-corrected chi connectivity index (χ0v) is 11.9. The molecule has 0 aliphatic carbocycles. The molecule has 2 N–H and O–H groups in total. The van der Waals surface area contributed by atoms with E-state index in [-0.39, 0.29) is 23.7 Å². The first-order chi connectivity index (χ1) is 9.95. The number of nitrogens with zero attached hydrogens (tertiary/aromatic N) is 2. The van der Waals surface area contributed by atoms with Crippen LogP contribution in [0.2, 0.25) is 0 Å². The van der Waals surface area contributed by atoms with Crippen molar-refractivity contribution in [3.63, 3.8) is 0 Å². The zero-order chi connectivity index (χ0) is 15.8.